The van der Waals surface area contributed by atoms with Gasteiger partial charge < -0.3 is 0 Å². The third kappa shape index (κ3) is 2.65. The summed E-state index contributed by atoms with van der Waals surface area (Å²) in [5.74, 6) is -0.892. The summed E-state index contributed by atoms with van der Waals surface area (Å²) in [7, 11) is 0. The molecule has 0 radical (unpaired) electrons. The number of hydrogen-bond acceptors (Lipinski definition) is 3. The molecular weight excluding hydrogens is 348 g/mol. The van der Waals surface area contributed by atoms with Crippen LogP contribution in [0.3, 0.4) is 0 Å². The minimum atomic E-state index is -0.786. The Hall–Kier alpha value is -2.93. The summed E-state index contributed by atoms with van der Waals surface area (Å²) in [5, 5.41) is 9.24. The molecule has 4 nitrogen and oxygen atoms in total. The minimum Gasteiger partial charge on any atom is -0.298 e. The van der Waals surface area contributed by atoms with Gasteiger partial charge >= 0.3 is 0 Å². The number of Topliss-reactive ketones (excluding diaryl/α,β-unsaturated/α-hetero) is 1. The first kappa shape index (κ1) is 18.4. The van der Waals surface area contributed by atoms with Crippen LogP contribution in [0.2, 0.25) is 0 Å². The predicted octanol–water partition coefficient (Wildman–Crippen LogP) is 4.58. The molecule has 1 aliphatic carbocycles. The van der Waals surface area contributed by atoms with Crippen LogP contribution in [0.1, 0.15) is 60.3 Å². The van der Waals surface area contributed by atoms with Crippen molar-refractivity contribution in [3.63, 3.8) is 0 Å². The first-order valence-electron chi connectivity index (χ1n) is 9.94. The van der Waals surface area contributed by atoms with Gasteiger partial charge in [0.25, 0.3) is 0 Å². The monoisotopic (exact) mass is 372 g/mol. The Morgan fingerprint density at radius 2 is 1.61 bits per heavy atom. The Bertz CT molecular complexity index is 958. The summed E-state index contributed by atoms with van der Waals surface area (Å²) in [5.41, 5.74) is 3.07. The Balaban J connectivity index is 1.88. The van der Waals surface area contributed by atoms with E-state index < -0.39 is 11.5 Å². The summed E-state index contributed by atoms with van der Waals surface area (Å²) < 4.78 is 0. The van der Waals surface area contributed by atoms with Crippen molar-refractivity contribution in [1.82, 2.24) is 0 Å². The molecule has 1 heterocycles. The maximum Gasteiger partial charge on any atom is 0.243 e. The largest absolute Gasteiger partial charge is 0.298 e. The molecule has 1 aliphatic heterocycles. The van der Waals surface area contributed by atoms with E-state index >= 15 is 0 Å². The van der Waals surface area contributed by atoms with Crippen molar-refractivity contribution in [3.8, 4) is 6.07 Å². The van der Waals surface area contributed by atoms with Crippen molar-refractivity contribution in [1.29, 1.82) is 5.26 Å². The second-order valence-electron chi connectivity index (χ2n) is 8.03. The van der Waals surface area contributed by atoms with Gasteiger partial charge in [-0.1, -0.05) is 37.5 Å². The Kier molecular flexibility index (Phi) is 4.55. The highest BCUT2D eigenvalue weighted by atomic mass is 16.2. The highest BCUT2D eigenvalue weighted by molar-refractivity contribution is 6.25. The maximum absolute atomic E-state index is 13.8. The van der Waals surface area contributed by atoms with Crippen LogP contribution < -0.4 is 4.90 Å². The minimum absolute atomic E-state index is 0.0250. The Morgan fingerprint density at radius 1 is 1.00 bits per heavy atom. The molecule has 2 fully saturated rings. The van der Waals surface area contributed by atoms with E-state index in [0.29, 0.717) is 5.56 Å². The van der Waals surface area contributed by atoms with Crippen LogP contribution in [0.25, 0.3) is 0 Å². The fourth-order valence-electron chi connectivity index (χ4n) is 5.14. The SMILES string of the molecule is Cc1cc(C#N)cc(C)c1C1C(=O)N(c2ccccc2)C2(CCCCC2)C1=O. The van der Waals surface area contributed by atoms with Crippen molar-refractivity contribution < 1.29 is 9.59 Å². The van der Waals surface area contributed by atoms with Crippen molar-refractivity contribution >= 4 is 17.4 Å². The first-order chi connectivity index (χ1) is 13.5. The molecule has 1 saturated carbocycles. The molecule has 0 aromatic heterocycles. The summed E-state index contributed by atoms with van der Waals surface area (Å²) in [6.07, 6.45) is 4.46. The number of hydrogen-bond donors (Lipinski definition) is 0. The van der Waals surface area contributed by atoms with E-state index in [1.165, 1.54) is 0 Å². The second-order valence-corrected chi connectivity index (χ2v) is 8.03. The molecule has 1 atom stereocenters. The number of benzene rings is 2. The lowest BCUT2D eigenvalue weighted by Gasteiger charge is -2.39. The highest BCUT2D eigenvalue weighted by Gasteiger charge is 2.59. The third-order valence-electron chi connectivity index (χ3n) is 6.32. The van der Waals surface area contributed by atoms with E-state index in [9.17, 15) is 14.9 Å². The van der Waals surface area contributed by atoms with Gasteiger partial charge in [0, 0.05) is 5.69 Å². The predicted molar refractivity (Wildman–Crippen MR) is 108 cm³/mol. The van der Waals surface area contributed by atoms with Crippen LogP contribution in [0, 0.1) is 25.2 Å². The summed E-state index contributed by atoms with van der Waals surface area (Å²) in [6, 6.07) is 15.3. The molecule has 4 heteroatoms. The molecule has 142 valence electrons. The van der Waals surface area contributed by atoms with Gasteiger partial charge in [-0.2, -0.15) is 5.26 Å². The number of nitriles is 1. The van der Waals surface area contributed by atoms with Crippen molar-refractivity contribution in [2.75, 3.05) is 4.90 Å². The lowest BCUT2D eigenvalue weighted by molar-refractivity contribution is -0.125. The first-order valence-corrected chi connectivity index (χ1v) is 9.94. The Morgan fingerprint density at radius 3 is 2.18 bits per heavy atom. The molecule has 0 bridgehead atoms. The van der Waals surface area contributed by atoms with E-state index in [1.807, 2.05) is 44.2 Å². The number of rotatable bonds is 2. The van der Waals surface area contributed by atoms with Crippen LogP contribution >= 0.6 is 0 Å². The molecule has 1 unspecified atom stereocenters. The molecular formula is C24H24N2O2. The number of amides is 1. The van der Waals surface area contributed by atoms with Crippen molar-refractivity contribution in [2.24, 2.45) is 0 Å². The van der Waals surface area contributed by atoms with Crippen molar-refractivity contribution in [3.05, 3.63) is 64.7 Å². The van der Waals surface area contributed by atoms with Gasteiger partial charge in [0.2, 0.25) is 5.91 Å². The zero-order chi connectivity index (χ0) is 19.9. The number of carbonyl (C=O) groups is 2. The molecule has 4 rings (SSSR count). The molecule has 0 N–H and O–H groups in total. The Labute approximate surface area is 165 Å². The van der Waals surface area contributed by atoms with E-state index in [4.69, 9.17) is 0 Å². The molecule has 1 saturated heterocycles. The number of aryl methyl sites for hydroxylation is 2. The van der Waals surface area contributed by atoms with Gasteiger partial charge in [-0.05, 0) is 67.6 Å². The normalized spacial score (nSPS) is 21.2. The highest BCUT2D eigenvalue weighted by Crippen LogP contribution is 2.48. The summed E-state index contributed by atoms with van der Waals surface area (Å²) >= 11 is 0. The lowest BCUT2D eigenvalue weighted by Crippen LogP contribution is -2.51. The van der Waals surface area contributed by atoms with Crippen LogP contribution in [-0.4, -0.2) is 17.2 Å². The summed E-state index contributed by atoms with van der Waals surface area (Å²) in [4.78, 5) is 29.3. The number of carbonyl (C=O) groups excluding carboxylic acids is 2. The number of para-hydroxylation sites is 1. The fourth-order valence-corrected chi connectivity index (χ4v) is 5.14. The second kappa shape index (κ2) is 6.91. The smallest absolute Gasteiger partial charge is 0.243 e. The summed E-state index contributed by atoms with van der Waals surface area (Å²) in [6.45, 7) is 3.78. The third-order valence-corrected chi connectivity index (χ3v) is 6.32. The fraction of sp³-hybridized carbons (Fsp3) is 0.375. The van der Waals surface area contributed by atoms with E-state index in [1.54, 1.807) is 17.0 Å². The van der Waals surface area contributed by atoms with Crippen LogP contribution in [0.15, 0.2) is 42.5 Å². The molecule has 1 amide bonds. The average Bonchev–Trinajstić information content (AvgIpc) is 2.90. The molecule has 2 aromatic carbocycles. The van der Waals surface area contributed by atoms with Crippen molar-refractivity contribution in [2.45, 2.75) is 57.4 Å². The van der Waals surface area contributed by atoms with Gasteiger partial charge in [-0.3, -0.25) is 14.5 Å². The zero-order valence-corrected chi connectivity index (χ0v) is 16.4. The molecule has 28 heavy (non-hydrogen) atoms. The van der Waals surface area contributed by atoms with Gasteiger partial charge in [0.15, 0.2) is 5.78 Å². The van der Waals surface area contributed by atoms with E-state index in [0.717, 1.165) is 54.5 Å². The van der Waals surface area contributed by atoms with Crippen LogP contribution in [0.5, 0.6) is 0 Å². The van der Waals surface area contributed by atoms with Gasteiger partial charge in [0.1, 0.15) is 11.5 Å². The quantitative estimate of drug-likeness (QED) is 0.725. The zero-order valence-electron chi connectivity index (χ0n) is 16.4. The molecule has 2 aromatic rings. The standard InChI is InChI=1S/C24H24N2O2/c1-16-13-18(15-25)14-17(2)20(16)21-22(27)24(11-7-4-8-12-24)26(23(21)28)19-9-5-3-6-10-19/h3,5-6,9-10,13-14,21H,4,7-8,11-12H2,1-2H3. The van der Waals surface area contributed by atoms with Gasteiger partial charge in [0.05, 0.1) is 11.6 Å². The van der Waals surface area contributed by atoms with Crippen LogP contribution in [0.4, 0.5) is 5.69 Å². The number of nitrogens with zero attached hydrogens (tertiary/aromatic N) is 2. The average molecular weight is 372 g/mol. The molecule has 2 aliphatic rings. The lowest BCUT2D eigenvalue weighted by atomic mass is 9.75. The topological polar surface area (TPSA) is 61.2 Å². The van der Waals surface area contributed by atoms with E-state index in [-0.39, 0.29) is 11.7 Å². The van der Waals surface area contributed by atoms with Gasteiger partial charge in [-0.25, -0.2) is 0 Å². The molecule has 1 spiro atoms. The number of ketones is 1. The maximum atomic E-state index is 13.8. The van der Waals surface area contributed by atoms with E-state index in [2.05, 4.69) is 6.07 Å². The van der Waals surface area contributed by atoms with Crippen LogP contribution in [-0.2, 0) is 9.59 Å². The number of anilines is 1. The van der Waals surface area contributed by atoms with Gasteiger partial charge in [-0.15, -0.1) is 0 Å².